The molecule has 0 spiro atoms. The van der Waals surface area contributed by atoms with Crippen LogP contribution in [-0.2, 0) is 11.2 Å². The fraction of sp³-hybridized carbons (Fsp3) is 0.462. The minimum atomic E-state index is -0.260. The minimum Gasteiger partial charge on any atom is -0.370 e. The highest BCUT2D eigenvalue weighted by Crippen LogP contribution is 2.29. The Morgan fingerprint density at radius 1 is 1.40 bits per heavy atom. The number of anilines is 2. The smallest absolute Gasteiger partial charge is 0.223 e. The van der Waals surface area contributed by atoms with E-state index in [1.54, 1.807) is 11.3 Å². The van der Waals surface area contributed by atoms with Crippen LogP contribution in [0, 0.1) is 0 Å². The van der Waals surface area contributed by atoms with Gasteiger partial charge in [-0.3, -0.25) is 4.79 Å². The number of aromatic nitrogens is 2. The van der Waals surface area contributed by atoms with Crippen molar-refractivity contribution in [2.45, 2.75) is 32.6 Å². The van der Waals surface area contributed by atoms with Crippen molar-refractivity contribution in [2.75, 3.05) is 17.6 Å². The van der Waals surface area contributed by atoms with Crippen molar-refractivity contribution >= 4 is 39.2 Å². The number of carbonyl (C=O) groups excluding carboxylic acids is 1. The van der Waals surface area contributed by atoms with Gasteiger partial charge in [0.15, 0.2) is 0 Å². The molecule has 0 bridgehead atoms. The second kappa shape index (κ2) is 6.51. The molecule has 5 N–H and O–H groups in total. The largest absolute Gasteiger partial charge is 0.370 e. The number of aryl methyl sites for hydroxylation is 1. The van der Waals surface area contributed by atoms with E-state index in [0.717, 1.165) is 41.8 Å². The summed E-state index contributed by atoms with van der Waals surface area (Å²) >= 11 is 1.64. The van der Waals surface area contributed by atoms with Crippen molar-refractivity contribution in [2.24, 2.45) is 5.73 Å². The number of fused-ring (bicyclic) bond motifs is 1. The fourth-order valence-corrected chi connectivity index (χ4v) is 2.90. The number of thiophene rings is 1. The molecule has 0 aliphatic rings. The van der Waals surface area contributed by atoms with E-state index < -0.39 is 0 Å². The summed E-state index contributed by atoms with van der Waals surface area (Å²) in [4.78, 5) is 21.3. The number of rotatable bonds is 7. The van der Waals surface area contributed by atoms with Gasteiger partial charge in [0.1, 0.15) is 10.6 Å². The number of hydrogen-bond acceptors (Lipinski definition) is 6. The third kappa shape index (κ3) is 3.57. The molecule has 2 aromatic rings. The third-order valence-corrected chi connectivity index (χ3v) is 4.13. The van der Waals surface area contributed by atoms with Crippen LogP contribution in [-0.4, -0.2) is 22.4 Å². The molecule has 0 aliphatic carbocycles. The summed E-state index contributed by atoms with van der Waals surface area (Å²) in [5, 5.41) is 4.27. The van der Waals surface area contributed by atoms with Gasteiger partial charge in [-0.05, 0) is 25.3 Å². The maximum Gasteiger partial charge on any atom is 0.223 e. The number of unbranched alkanes of at least 4 members (excludes halogenated alkanes) is 1. The molecule has 0 radical (unpaired) electrons. The van der Waals surface area contributed by atoms with E-state index >= 15 is 0 Å². The van der Waals surface area contributed by atoms with E-state index in [4.69, 9.17) is 11.5 Å². The lowest BCUT2D eigenvalue weighted by Crippen LogP contribution is -2.11. The van der Waals surface area contributed by atoms with Gasteiger partial charge >= 0.3 is 0 Å². The molecule has 0 aromatic carbocycles. The summed E-state index contributed by atoms with van der Waals surface area (Å²) in [6, 6.07) is 2.10. The van der Waals surface area contributed by atoms with Crippen LogP contribution >= 0.6 is 11.3 Å². The van der Waals surface area contributed by atoms with Gasteiger partial charge in [0.2, 0.25) is 11.9 Å². The van der Waals surface area contributed by atoms with Gasteiger partial charge in [-0.1, -0.05) is 6.92 Å². The molecule has 0 aliphatic heterocycles. The monoisotopic (exact) mass is 293 g/mol. The van der Waals surface area contributed by atoms with E-state index in [1.165, 1.54) is 4.88 Å². The highest BCUT2D eigenvalue weighted by atomic mass is 32.1. The maximum absolute atomic E-state index is 10.7. The van der Waals surface area contributed by atoms with Crippen molar-refractivity contribution in [1.82, 2.24) is 9.97 Å². The zero-order valence-electron chi connectivity index (χ0n) is 11.5. The van der Waals surface area contributed by atoms with E-state index in [-0.39, 0.29) is 11.9 Å². The molecule has 2 rings (SSSR count). The minimum absolute atomic E-state index is 0.260. The third-order valence-electron chi connectivity index (χ3n) is 2.95. The number of nitrogens with one attached hydrogen (secondary N) is 1. The summed E-state index contributed by atoms with van der Waals surface area (Å²) in [6.45, 7) is 2.84. The SMILES string of the molecule is CCc1cc2c(NCCCCC(N)=O)nc(N)nc2s1. The Bertz CT molecular complexity index is 610. The number of nitrogen functional groups attached to an aromatic ring is 1. The first-order chi connectivity index (χ1) is 9.60. The van der Waals surface area contributed by atoms with Crippen molar-refractivity contribution in [3.63, 3.8) is 0 Å². The van der Waals surface area contributed by atoms with Crippen LogP contribution in [0.25, 0.3) is 10.2 Å². The summed E-state index contributed by atoms with van der Waals surface area (Å²) in [7, 11) is 0. The molecule has 2 heterocycles. The Morgan fingerprint density at radius 3 is 2.90 bits per heavy atom. The molecular weight excluding hydrogens is 274 g/mol. The molecule has 0 saturated carbocycles. The quantitative estimate of drug-likeness (QED) is 0.676. The Hall–Kier alpha value is -1.89. The Morgan fingerprint density at radius 2 is 2.20 bits per heavy atom. The standard InChI is InChI=1S/C13H19N5OS/c1-2-8-7-9-11(16-6-4-3-5-10(14)19)17-13(15)18-12(9)20-8/h7H,2-6H2,1H3,(H2,14,19)(H3,15,16,17,18). The lowest BCUT2D eigenvalue weighted by molar-refractivity contribution is -0.118. The first kappa shape index (κ1) is 14.5. The average molecular weight is 293 g/mol. The predicted molar refractivity (Wildman–Crippen MR) is 82.7 cm³/mol. The lowest BCUT2D eigenvalue weighted by atomic mass is 10.2. The molecule has 6 nitrogen and oxygen atoms in total. The molecule has 20 heavy (non-hydrogen) atoms. The molecule has 2 aromatic heterocycles. The van der Waals surface area contributed by atoms with Gasteiger partial charge in [0, 0.05) is 17.8 Å². The average Bonchev–Trinajstić information content (AvgIpc) is 2.80. The van der Waals surface area contributed by atoms with Gasteiger partial charge < -0.3 is 16.8 Å². The second-order valence-corrected chi connectivity index (χ2v) is 5.68. The fourth-order valence-electron chi connectivity index (χ4n) is 1.93. The van der Waals surface area contributed by atoms with Crippen LogP contribution in [0.1, 0.15) is 31.1 Å². The van der Waals surface area contributed by atoms with Crippen molar-refractivity contribution in [3.8, 4) is 0 Å². The molecule has 7 heteroatoms. The predicted octanol–water partition coefficient (Wildman–Crippen LogP) is 1.90. The van der Waals surface area contributed by atoms with E-state index in [1.807, 2.05) is 0 Å². The molecule has 108 valence electrons. The van der Waals surface area contributed by atoms with Crippen LogP contribution < -0.4 is 16.8 Å². The molecular formula is C13H19N5OS. The van der Waals surface area contributed by atoms with Crippen LogP contribution in [0.3, 0.4) is 0 Å². The van der Waals surface area contributed by atoms with E-state index in [2.05, 4.69) is 28.3 Å². The highest BCUT2D eigenvalue weighted by molar-refractivity contribution is 7.18. The first-order valence-electron chi connectivity index (χ1n) is 6.68. The van der Waals surface area contributed by atoms with Gasteiger partial charge in [-0.2, -0.15) is 4.98 Å². The number of hydrogen-bond donors (Lipinski definition) is 3. The van der Waals surface area contributed by atoms with E-state index in [9.17, 15) is 4.79 Å². The van der Waals surface area contributed by atoms with Crippen LogP contribution in [0.2, 0.25) is 0 Å². The Balaban J connectivity index is 2.05. The summed E-state index contributed by atoms with van der Waals surface area (Å²) in [5.74, 6) is 0.785. The highest BCUT2D eigenvalue weighted by Gasteiger charge is 2.09. The first-order valence-corrected chi connectivity index (χ1v) is 7.50. The summed E-state index contributed by atoms with van der Waals surface area (Å²) in [6.07, 6.45) is 3.02. The van der Waals surface area contributed by atoms with Crippen molar-refractivity contribution < 1.29 is 4.79 Å². The van der Waals surface area contributed by atoms with Crippen LogP contribution in [0.15, 0.2) is 6.07 Å². The number of nitrogens with two attached hydrogens (primary N) is 2. The Kier molecular flexibility index (Phi) is 4.73. The molecule has 1 amide bonds. The molecule has 0 atom stereocenters. The lowest BCUT2D eigenvalue weighted by Gasteiger charge is -2.06. The topological polar surface area (TPSA) is 107 Å². The Labute approximate surface area is 121 Å². The summed E-state index contributed by atoms with van der Waals surface area (Å²) < 4.78 is 0. The maximum atomic E-state index is 10.7. The number of amides is 1. The van der Waals surface area contributed by atoms with Crippen molar-refractivity contribution in [1.29, 1.82) is 0 Å². The number of carbonyl (C=O) groups is 1. The molecule has 0 unspecified atom stereocenters. The molecule has 0 saturated heterocycles. The van der Waals surface area contributed by atoms with Gasteiger partial charge in [0.25, 0.3) is 0 Å². The van der Waals surface area contributed by atoms with Gasteiger partial charge in [0.05, 0.1) is 5.39 Å². The second-order valence-electron chi connectivity index (χ2n) is 4.57. The zero-order valence-corrected chi connectivity index (χ0v) is 12.3. The van der Waals surface area contributed by atoms with Gasteiger partial charge in [-0.25, -0.2) is 4.98 Å². The van der Waals surface area contributed by atoms with Gasteiger partial charge in [-0.15, -0.1) is 11.3 Å². The summed E-state index contributed by atoms with van der Waals surface area (Å²) in [5.41, 5.74) is 10.8. The number of primary amides is 1. The van der Waals surface area contributed by atoms with E-state index in [0.29, 0.717) is 6.42 Å². The normalized spacial score (nSPS) is 10.8. The van der Waals surface area contributed by atoms with Crippen molar-refractivity contribution in [3.05, 3.63) is 10.9 Å². The molecule has 0 fully saturated rings. The zero-order chi connectivity index (χ0) is 14.5. The number of nitrogens with zero attached hydrogens (tertiary/aromatic N) is 2. The van der Waals surface area contributed by atoms with Crippen LogP contribution in [0.5, 0.6) is 0 Å². The van der Waals surface area contributed by atoms with Crippen LogP contribution in [0.4, 0.5) is 11.8 Å².